The van der Waals surface area contributed by atoms with Gasteiger partial charge in [0.1, 0.15) is 6.04 Å². The van der Waals surface area contributed by atoms with Crippen LogP contribution in [0, 0.1) is 14.9 Å². The maximum absolute atomic E-state index is 12.3. The Balaban J connectivity index is 2.22. The number of carbonyl (C=O) groups is 1. The van der Waals surface area contributed by atoms with Gasteiger partial charge in [0.05, 0.1) is 6.07 Å². The van der Waals surface area contributed by atoms with E-state index in [-0.39, 0.29) is 11.9 Å². The van der Waals surface area contributed by atoms with Crippen LogP contribution in [-0.2, 0) is 0 Å². The molecule has 1 heterocycles. The van der Waals surface area contributed by atoms with Gasteiger partial charge in [0.2, 0.25) is 0 Å². The third-order valence-electron chi connectivity index (χ3n) is 2.72. The lowest BCUT2D eigenvalue weighted by atomic mass is 10.1. The molecule has 0 saturated carbocycles. The summed E-state index contributed by atoms with van der Waals surface area (Å²) in [7, 11) is 0. The van der Waals surface area contributed by atoms with Crippen LogP contribution in [0.3, 0.4) is 0 Å². The van der Waals surface area contributed by atoms with Gasteiger partial charge in [-0.25, -0.2) is 0 Å². The second kappa shape index (κ2) is 5.47. The van der Waals surface area contributed by atoms with Gasteiger partial charge in [0.15, 0.2) is 0 Å². The van der Waals surface area contributed by atoms with Crippen LogP contribution in [-0.4, -0.2) is 36.5 Å². The van der Waals surface area contributed by atoms with Crippen LogP contribution in [0.2, 0.25) is 0 Å². The molecule has 1 N–H and O–H groups in total. The first-order valence-corrected chi connectivity index (χ1v) is 6.47. The van der Waals surface area contributed by atoms with Crippen molar-refractivity contribution in [2.24, 2.45) is 0 Å². The summed E-state index contributed by atoms with van der Waals surface area (Å²) in [6, 6.07) is 9.23. The Morgan fingerprint density at radius 1 is 1.59 bits per heavy atom. The monoisotopic (exact) mass is 341 g/mol. The zero-order valence-corrected chi connectivity index (χ0v) is 11.3. The summed E-state index contributed by atoms with van der Waals surface area (Å²) in [5.41, 5.74) is 0.652. The predicted molar refractivity (Wildman–Crippen MR) is 72.5 cm³/mol. The summed E-state index contributed by atoms with van der Waals surface area (Å²) >= 11 is 2.18. The molecule has 1 aliphatic rings. The van der Waals surface area contributed by atoms with E-state index < -0.39 is 0 Å². The standard InChI is InChI=1S/C12H12IN3O/c13-10-3-1-2-9(6-10)12(17)16-5-4-15-8-11(16)7-14/h1-3,6,11,15H,4-5,8H2. The number of nitrogens with one attached hydrogen (secondary N) is 1. The number of halogens is 1. The highest BCUT2D eigenvalue weighted by Gasteiger charge is 2.26. The minimum Gasteiger partial charge on any atom is -0.320 e. The van der Waals surface area contributed by atoms with Gasteiger partial charge < -0.3 is 10.2 Å². The van der Waals surface area contributed by atoms with Crippen molar-refractivity contribution in [2.75, 3.05) is 19.6 Å². The Morgan fingerprint density at radius 3 is 3.12 bits per heavy atom. The molecule has 4 nitrogen and oxygen atoms in total. The average molecular weight is 341 g/mol. The quantitative estimate of drug-likeness (QED) is 0.782. The highest BCUT2D eigenvalue weighted by atomic mass is 127. The topological polar surface area (TPSA) is 56.1 Å². The Bertz CT molecular complexity index is 469. The molecule has 1 amide bonds. The molecule has 1 fully saturated rings. The molecule has 1 atom stereocenters. The molecule has 1 aliphatic heterocycles. The Hall–Kier alpha value is -1.13. The van der Waals surface area contributed by atoms with Crippen LogP contribution in [0.5, 0.6) is 0 Å². The minimum absolute atomic E-state index is 0.0587. The molecule has 88 valence electrons. The third-order valence-corrected chi connectivity index (χ3v) is 3.40. The van der Waals surface area contributed by atoms with Crippen molar-refractivity contribution in [1.82, 2.24) is 10.2 Å². The second-order valence-corrected chi connectivity index (χ2v) is 5.10. The number of nitriles is 1. The maximum atomic E-state index is 12.3. The minimum atomic E-state index is -0.367. The van der Waals surface area contributed by atoms with Crippen LogP contribution in [0.1, 0.15) is 10.4 Å². The fourth-order valence-electron chi connectivity index (χ4n) is 1.85. The normalized spacial score (nSPS) is 19.8. The molecule has 1 aromatic carbocycles. The molecule has 1 aromatic rings. The summed E-state index contributed by atoms with van der Waals surface area (Å²) in [5.74, 6) is -0.0587. The zero-order valence-electron chi connectivity index (χ0n) is 9.19. The van der Waals surface area contributed by atoms with Crippen molar-refractivity contribution in [1.29, 1.82) is 5.26 Å². The SMILES string of the molecule is N#CC1CNCCN1C(=O)c1cccc(I)c1. The first-order valence-electron chi connectivity index (χ1n) is 5.39. The average Bonchev–Trinajstić information content (AvgIpc) is 2.38. The van der Waals surface area contributed by atoms with Gasteiger partial charge in [-0.05, 0) is 40.8 Å². The molecular formula is C12H12IN3O. The number of carbonyl (C=O) groups excluding carboxylic acids is 1. The first-order chi connectivity index (χ1) is 8.22. The molecule has 2 rings (SSSR count). The Labute approximate surface area is 114 Å². The highest BCUT2D eigenvalue weighted by molar-refractivity contribution is 14.1. The van der Waals surface area contributed by atoms with E-state index in [0.29, 0.717) is 18.7 Å². The van der Waals surface area contributed by atoms with Crippen molar-refractivity contribution in [3.05, 3.63) is 33.4 Å². The molecule has 0 aromatic heterocycles. The van der Waals surface area contributed by atoms with Crippen LogP contribution < -0.4 is 5.32 Å². The summed E-state index contributed by atoms with van der Waals surface area (Å²) < 4.78 is 1.03. The second-order valence-electron chi connectivity index (χ2n) is 3.86. The predicted octanol–water partition coefficient (Wildman–Crippen LogP) is 1.23. The number of nitrogens with zero attached hydrogens (tertiary/aromatic N) is 2. The molecule has 0 aliphatic carbocycles. The van der Waals surface area contributed by atoms with Crippen LogP contribution in [0.25, 0.3) is 0 Å². The number of hydrogen-bond acceptors (Lipinski definition) is 3. The lowest BCUT2D eigenvalue weighted by Crippen LogP contribution is -2.53. The summed E-state index contributed by atoms with van der Waals surface area (Å²) in [4.78, 5) is 13.9. The summed E-state index contributed by atoms with van der Waals surface area (Å²) in [5, 5.41) is 12.1. The zero-order chi connectivity index (χ0) is 12.3. The van der Waals surface area contributed by atoms with Crippen molar-refractivity contribution < 1.29 is 4.79 Å². The van der Waals surface area contributed by atoms with Gasteiger partial charge in [0.25, 0.3) is 5.91 Å². The molecule has 0 spiro atoms. The van der Waals surface area contributed by atoms with Crippen LogP contribution in [0.4, 0.5) is 0 Å². The fraction of sp³-hybridized carbons (Fsp3) is 0.333. The molecule has 0 bridgehead atoms. The van der Waals surface area contributed by atoms with Gasteiger partial charge in [-0.3, -0.25) is 4.79 Å². The van der Waals surface area contributed by atoms with Gasteiger partial charge >= 0.3 is 0 Å². The first kappa shape index (κ1) is 12.3. The number of piperazine rings is 1. The van der Waals surface area contributed by atoms with Gasteiger partial charge in [-0.1, -0.05) is 6.07 Å². The number of benzene rings is 1. The number of amides is 1. The molecular weight excluding hydrogens is 329 g/mol. The van der Waals surface area contributed by atoms with Gasteiger partial charge in [-0.2, -0.15) is 5.26 Å². The van der Waals surface area contributed by atoms with Crippen molar-refractivity contribution in [3.8, 4) is 6.07 Å². The summed E-state index contributed by atoms with van der Waals surface area (Å²) in [6.45, 7) is 1.88. The number of hydrogen-bond donors (Lipinski definition) is 1. The number of rotatable bonds is 1. The van der Waals surface area contributed by atoms with E-state index in [1.165, 1.54) is 0 Å². The van der Waals surface area contributed by atoms with Crippen LogP contribution in [0.15, 0.2) is 24.3 Å². The smallest absolute Gasteiger partial charge is 0.255 e. The molecule has 1 saturated heterocycles. The van der Waals surface area contributed by atoms with E-state index >= 15 is 0 Å². The van der Waals surface area contributed by atoms with Crippen molar-refractivity contribution >= 4 is 28.5 Å². The fourth-order valence-corrected chi connectivity index (χ4v) is 2.39. The van der Waals surface area contributed by atoms with E-state index in [4.69, 9.17) is 5.26 Å². The van der Waals surface area contributed by atoms with Gasteiger partial charge in [-0.15, -0.1) is 0 Å². The van der Waals surface area contributed by atoms with Crippen LogP contribution >= 0.6 is 22.6 Å². The molecule has 0 radical (unpaired) electrons. The largest absolute Gasteiger partial charge is 0.320 e. The van der Waals surface area contributed by atoms with E-state index in [1.807, 2.05) is 18.2 Å². The van der Waals surface area contributed by atoms with E-state index in [2.05, 4.69) is 34.0 Å². The third kappa shape index (κ3) is 2.76. The Morgan fingerprint density at radius 2 is 2.41 bits per heavy atom. The lowest BCUT2D eigenvalue weighted by Gasteiger charge is -2.32. The van der Waals surface area contributed by atoms with Gasteiger partial charge in [0, 0.05) is 28.8 Å². The van der Waals surface area contributed by atoms with Crippen molar-refractivity contribution in [3.63, 3.8) is 0 Å². The highest BCUT2D eigenvalue weighted by Crippen LogP contribution is 2.13. The summed E-state index contributed by atoms with van der Waals surface area (Å²) in [6.07, 6.45) is 0. The molecule has 17 heavy (non-hydrogen) atoms. The lowest BCUT2D eigenvalue weighted by molar-refractivity contribution is 0.0687. The molecule has 5 heteroatoms. The van der Waals surface area contributed by atoms with Crippen molar-refractivity contribution in [2.45, 2.75) is 6.04 Å². The maximum Gasteiger partial charge on any atom is 0.255 e. The van der Waals surface area contributed by atoms with E-state index in [1.54, 1.807) is 11.0 Å². The van der Waals surface area contributed by atoms with E-state index in [9.17, 15) is 4.79 Å². The molecule has 1 unspecified atom stereocenters. The Kier molecular flexibility index (Phi) is 3.97. The van der Waals surface area contributed by atoms with E-state index in [0.717, 1.165) is 10.1 Å².